The number of nitrogens with one attached hydrogen (secondary N) is 4. The lowest BCUT2D eigenvalue weighted by atomic mass is 10.0. The van der Waals surface area contributed by atoms with Crippen LogP contribution in [0.1, 0.15) is 44.2 Å². The molecular weight excluding hydrogens is 554 g/mol. The van der Waals surface area contributed by atoms with Gasteiger partial charge in [0.2, 0.25) is 11.9 Å². The first-order valence-electron chi connectivity index (χ1n) is 13.6. The van der Waals surface area contributed by atoms with E-state index >= 15 is 0 Å². The molecule has 4 N–H and O–H groups in total. The summed E-state index contributed by atoms with van der Waals surface area (Å²) in [7, 11) is 0. The Balaban J connectivity index is 1.31. The van der Waals surface area contributed by atoms with Crippen LogP contribution in [0.2, 0.25) is 5.02 Å². The zero-order chi connectivity index (χ0) is 29.6. The first-order valence-corrected chi connectivity index (χ1v) is 14.0. The van der Waals surface area contributed by atoms with Gasteiger partial charge in [0.25, 0.3) is 0 Å². The molecule has 1 aliphatic rings. The number of aromatic nitrogens is 3. The van der Waals surface area contributed by atoms with Crippen molar-refractivity contribution in [3.8, 4) is 11.8 Å². The lowest BCUT2D eigenvalue weighted by Crippen LogP contribution is -2.29. The minimum absolute atomic E-state index is 0.0437. The molecule has 1 atom stereocenters. The summed E-state index contributed by atoms with van der Waals surface area (Å²) in [4.78, 5) is 36.9. The van der Waals surface area contributed by atoms with Gasteiger partial charge in [0, 0.05) is 24.8 Å². The Kier molecular flexibility index (Phi) is 11.3. The number of carbonyl (C=O) groups excluding carboxylic acids is 2. The van der Waals surface area contributed by atoms with Crippen LogP contribution < -0.4 is 21.3 Å². The van der Waals surface area contributed by atoms with E-state index in [4.69, 9.17) is 16.3 Å². The van der Waals surface area contributed by atoms with Crippen molar-refractivity contribution in [1.29, 1.82) is 0 Å². The minimum atomic E-state index is -0.405. The van der Waals surface area contributed by atoms with Crippen molar-refractivity contribution >= 4 is 52.4 Å². The van der Waals surface area contributed by atoms with Gasteiger partial charge in [-0.05, 0) is 68.4 Å². The van der Waals surface area contributed by atoms with Gasteiger partial charge in [-0.2, -0.15) is 4.98 Å². The van der Waals surface area contributed by atoms with Gasteiger partial charge >= 0.3 is 6.09 Å². The van der Waals surface area contributed by atoms with E-state index in [9.17, 15) is 9.59 Å². The highest BCUT2D eigenvalue weighted by molar-refractivity contribution is 6.33. The number of amides is 2. The van der Waals surface area contributed by atoms with Gasteiger partial charge < -0.3 is 26.0 Å². The van der Waals surface area contributed by atoms with E-state index in [2.05, 4.69) is 66.8 Å². The normalized spacial score (nSPS) is 15.0. The third-order valence-electron chi connectivity index (χ3n) is 6.11. The first-order chi connectivity index (χ1) is 20.5. The molecule has 0 bridgehead atoms. The quantitative estimate of drug-likeness (QED) is 0.0969. The molecule has 3 aromatic rings. The molecule has 0 spiro atoms. The number of ether oxygens (including phenoxy) is 1. The highest BCUT2D eigenvalue weighted by atomic mass is 35.5. The van der Waals surface area contributed by atoms with E-state index in [0.29, 0.717) is 52.5 Å². The monoisotopic (exact) mass is 585 g/mol. The van der Waals surface area contributed by atoms with E-state index in [0.717, 1.165) is 32.1 Å². The van der Waals surface area contributed by atoms with E-state index in [1.165, 1.54) is 12.3 Å². The molecule has 1 aromatic carbocycles. The van der Waals surface area contributed by atoms with Crippen LogP contribution in [0.25, 0.3) is 0 Å². The minimum Gasteiger partial charge on any atom is -0.446 e. The second kappa shape index (κ2) is 15.8. The number of pyridine rings is 1. The summed E-state index contributed by atoms with van der Waals surface area (Å²) in [6.07, 6.45) is 13.3. The molecule has 0 saturated heterocycles. The number of hydrogen-bond donors (Lipinski definition) is 4. The highest BCUT2D eigenvalue weighted by Gasteiger charge is 2.14. The van der Waals surface area contributed by atoms with Gasteiger partial charge in [-0.1, -0.05) is 48.4 Å². The summed E-state index contributed by atoms with van der Waals surface area (Å²) in [5.74, 6) is 6.33. The van der Waals surface area contributed by atoms with Gasteiger partial charge in [-0.3, -0.25) is 4.79 Å². The highest BCUT2D eigenvalue weighted by Crippen LogP contribution is 2.29. The number of nitrogens with zero attached hydrogens (tertiary/aromatic N) is 3. The van der Waals surface area contributed by atoms with E-state index in [1.54, 1.807) is 36.5 Å². The van der Waals surface area contributed by atoms with Crippen LogP contribution in [0.4, 0.5) is 33.6 Å². The largest absolute Gasteiger partial charge is 0.446 e. The molecule has 0 fully saturated rings. The van der Waals surface area contributed by atoms with Crippen molar-refractivity contribution < 1.29 is 14.3 Å². The lowest BCUT2D eigenvalue weighted by molar-refractivity contribution is -0.111. The molecule has 2 aromatic heterocycles. The number of allylic oxidation sites excluding steroid dienone is 2. The summed E-state index contributed by atoms with van der Waals surface area (Å²) in [6, 6.07) is 10.7. The van der Waals surface area contributed by atoms with E-state index in [1.807, 2.05) is 6.07 Å². The van der Waals surface area contributed by atoms with Crippen LogP contribution in [0.15, 0.2) is 73.6 Å². The Morgan fingerprint density at radius 2 is 1.93 bits per heavy atom. The molecule has 2 amide bonds. The second-order valence-corrected chi connectivity index (χ2v) is 9.70. The van der Waals surface area contributed by atoms with Crippen LogP contribution in [0.3, 0.4) is 0 Å². The fraction of sp³-hybridized carbons (Fsp3) is 0.258. The van der Waals surface area contributed by atoms with Crippen molar-refractivity contribution in [3.05, 3.63) is 84.3 Å². The number of carbonyl (C=O) groups is 2. The molecule has 1 unspecified atom stereocenters. The summed E-state index contributed by atoms with van der Waals surface area (Å²) >= 11 is 6.34. The number of benzene rings is 1. The topological polar surface area (TPSA) is 130 Å². The van der Waals surface area contributed by atoms with Crippen LogP contribution in [0.5, 0.6) is 0 Å². The molecule has 216 valence electrons. The predicted octanol–water partition coefficient (Wildman–Crippen LogP) is 6.49. The third-order valence-corrected chi connectivity index (χ3v) is 6.39. The van der Waals surface area contributed by atoms with Crippen LogP contribution in [0, 0.1) is 11.8 Å². The second-order valence-electron chi connectivity index (χ2n) is 9.29. The maximum absolute atomic E-state index is 12.1. The molecule has 0 aliphatic heterocycles. The number of para-hydroxylation sites is 2. The SMILES string of the molecule is C=CC(=O)Nc1ccccc1Nc1nc(Nc2ccnc(C#CCCNC(=O)OC3CC/C=C\CCC3)c2)ncc1Cl. The number of rotatable bonds is 9. The average molecular weight is 586 g/mol. The Morgan fingerprint density at radius 1 is 1.10 bits per heavy atom. The van der Waals surface area contributed by atoms with E-state index < -0.39 is 6.09 Å². The van der Waals surface area contributed by atoms with E-state index in [-0.39, 0.29) is 12.0 Å². The zero-order valence-corrected chi connectivity index (χ0v) is 23.8. The van der Waals surface area contributed by atoms with Crippen LogP contribution in [-0.2, 0) is 9.53 Å². The fourth-order valence-electron chi connectivity index (χ4n) is 4.05. The number of anilines is 5. The Morgan fingerprint density at radius 3 is 2.79 bits per heavy atom. The van der Waals surface area contributed by atoms with Crippen molar-refractivity contribution in [2.24, 2.45) is 0 Å². The molecule has 1 aliphatic carbocycles. The fourth-order valence-corrected chi connectivity index (χ4v) is 4.19. The smallest absolute Gasteiger partial charge is 0.407 e. The zero-order valence-electron chi connectivity index (χ0n) is 23.0. The van der Waals surface area contributed by atoms with Crippen molar-refractivity contribution in [2.75, 3.05) is 22.5 Å². The van der Waals surface area contributed by atoms with Crippen LogP contribution in [-0.4, -0.2) is 39.6 Å². The summed E-state index contributed by atoms with van der Waals surface area (Å²) < 4.78 is 5.54. The molecule has 11 heteroatoms. The molecule has 0 radical (unpaired) electrons. The Labute approximate surface area is 250 Å². The van der Waals surface area contributed by atoms with Gasteiger partial charge in [-0.25, -0.2) is 14.8 Å². The number of hydrogen-bond acceptors (Lipinski definition) is 8. The lowest BCUT2D eigenvalue weighted by Gasteiger charge is -2.18. The average Bonchev–Trinajstić information content (AvgIpc) is 2.97. The third kappa shape index (κ3) is 9.64. The summed E-state index contributed by atoms with van der Waals surface area (Å²) in [5, 5.41) is 12.1. The van der Waals surface area contributed by atoms with Gasteiger partial charge in [-0.15, -0.1) is 0 Å². The maximum atomic E-state index is 12.1. The van der Waals surface area contributed by atoms with Gasteiger partial charge in [0.05, 0.1) is 17.6 Å². The standard InChI is InChI=1S/C31H32ClN7O3/c1-2-28(40)37-26-15-8-9-16-27(26)38-29-25(32)21-35-30(39-29)36-23-17-19-33-22(20-23)12-10-11-18-34-31(41)42-24-13-6-4-3-5-7-14-24/h2-4,8-9,15-17,19-21,24H,1,5-7,11,13-14,18H2,(H,34,41)(H,37,40)(H2,33,35,36,38,39)/b4-3-. The number of alkyl carbamates (subject to hydrolysis) is 1. The van der Waals surface area contributed by atoms with Gasteiger partial charge in [0.1, 0.15) is 16.8 Å². The summed E-state index contributed by atoms with van der Waals surface area (Å²) in [5.41, 5.74) is 2.37. The predicted molar refractivity (Wildman–Crippen MR) is 165 cm³/mol. The van der Waals surface area contributed by atoms with Crippen molar-refractivity contribution in [2.45, 2.75) is 44.6 Å². The Bertz CT molecular complexity index is 1500. The number of halogens is 1. The van der Waals surface area contributed by atoms with Crippen molar-refractivity contribution in [3.63, 3.8) is 0 Å². The molecule has 4 rings (SSSR count). The Hall–Kier alpha value is -4.88. The molecule has 10 nitrogen and oxygen atoms in total. The molecule has 0 saturated carbocycles. The van der Waals surface area contributed by atoms with Gasteiger partial charge in [0.15, 0.2) is 5.82 Å². The summed E-state index contributed by atoms with van der Waals surface area (Å²) in [6.45, 7) is 3.86. The first kappa shape index (κ1) is 30.1. The molecule has 42 heavy (non-hydrogen) atoms. The van der Waals surface area contributed by atoms with Crippen molar-refractivity contribution in [1.82, 2.24) is 20.3 Å². The van der Waals surface area contributed by atoms with Crippen LogP contribution >= 0.6 is 11.6 Å². The molecule has 2 heterocycles. The maximum Gasteiger partial charge on any atom is 0.407 e. The molecular formula is C31H32ClN7O3.